The van der Waals surface area contributed by atoms with Crippen LogP contribution >= 0.6 is 0 Å². The smallest absolute Gasteiger partial charge is 0.225 e. The molecule has 4 rings (SSSR count). The van der Waals surface area contributed by atoms with Gasteiger partial charge in [0.15, 0.2) is 17.6 Å². The molecule has 1 aromatic carbocycles. The van der Waals surface area contributed by atoms with E-state index in [0.29, 0.717) is 19.1 Å². The van der Waals surface area contributed by atoms with Crippen LogP contribution in [0.1, 0.15) is 11.4 Å². The number of likely N-dealkylation sites (N-methyl/N-ethyl adjacent to an activating group) is 1. The maximum Gasteiger partial charge on any atom is 0.225 e. The third-order valence-corrected chi connectivity index (χ3v) is 4.79. The van der Waals surface area contributed by atoms with Crippen molar-refractivity contribution in [2.75, 3.05) is 25.1 Å². The molecule has 1 aliphatic rings. The minimum absolute atomic E-state index is 0.0842. The van der Waals surface area contributed by atoms with E-state index in [1.165, 1.54) is 0 Å². The van der Waals surface area contributed by atoms with Crippen LogP contribution in [0.25, 0.3) is 11.3 Å². The van der Waals surface area contributed by atoms with E-state index in [-0.39, 0.29) is 6.10 Å². The summed E-state index contributed by atoms with van der Waals surface area (Å²) in [7, 11) is 3.91. The summed E-state index contributed by atoms with van der Waals surface area (Å²) in [5.74, 6) is 2.22. The molecule has 1 aliphatic heterocycles. The molecule has 7 heteroatoms. The lowest BCUT2D eigenvalue weighted by Crippen LogP contribution is -2.40. The van der Waals surface area contributed by atoms with Gasteiger partial charge in [0.05, 0.1) is 17.9 Å². The molecule has 0 unspecified atom stereocenters. The molecule has 7 nitrogen and oxygen atoms in total. The molecule has 0 N–H and O–H groups in total. The number of ether oxygens (including phenoxy) is 2. The number of hydrogen-bond acceptors (Lipinski definition) is 6. The van der Waals surface area contributed by atoms with Crippen molar-refractivity contribution in [3.63, 3.8) is 0 Å². The van der Waals surface area contributed by atoms with E-state index >= 15 is 0 Å². The second kappa shape index (κ2) is 6.90. The topological polar surface area (TPSA) is 65.3 Å². The van der Waals surface area contributed by atoms with E-state index in [1.807, 2.05) is 67.9 Å². The van der Waals surface area contributed by atoms with Gasteiger partial charge in [0.2, 0.25) is 5.95 Å². The predicted molar refractivity (Wildman–Crippen MR) is 103 cm³/mol. The average molecular weight is 365 g/mol. The van der Waals surface area contributed by atoms with Crippen LogP contribution in [0.2, 0.25) is 0 Å². The number of nitrogens with zero attached hydrogens (tertiary/aromatic N) is 5. The lowest BCUT2D eigenvalue weighted by atomic mass is 10.1. The largest absolute Gasteiger partial charge is 0.486 e. The Labute approximate surface area is 158 Å². The number of para-hydroxylation sites is 2. The van der Waals surface area contributed by atoms with E-state index < -0.39 is 0 Å². The number of aromatic nitrogens is 4. The minimum atomic E-state index is -0.0842. The maximum absolute atomic E-state index is 6.04. The Hall–Kier alpha value is -3.09. The molecule has 2 aromatic heterocycles. The Bertz CT molecular complexity index is 969. The Morgan fingerprint density at radius 3 is 2.70 bits per heavy atom. The van der Waals surface area contributed by atoms with Crippen LogP contribution in [0.5, 0.6) is 11.5 Å². The standard InChI is InChI=1S/C20H23N5O2/c1-13-19(14(2)25(4)23-13)16-9-10-21-20(22-16)24(3)11-15-12-26-17-7-5-6-8-18(17)27-15/h5-10,15H,11-12H2,1-4H3/t15-/m0/s1. The maximum atomic E-state index is 6.04. The molecule has 27 heavy (non-hydrogen) atoms. The molecule has 0 aliphatic carbocycles. The van der Waals surface area contributed by atoms with Gasteiger partial charge in [0, 0.05) is 31.5 Å². The number of anilines is 1. The molecule has 0 saturated heterocycles. The van der Waals surface area contributed by atoms with Crippen LogP contribution in [0.3, 0.4) is 0 Å². The van der Waals surface area contributed by atoms with Gasteiger partial charge in [-0.1, -0.05) is 12.1 Å². The summed E-state index contributed by atoms with van der Waals surface area (Å²) < 4.78 is 13.7. The van der Waals surface area contributed by atoms with Crippen LogP contribution in [-0.4, -0.2) is 46.1 Å². The lowest BCUT2D eigenvalue weighted by molar-refractivity contribution is 0.0958. The molecule has 0 radical (unpaired) electrons. The van der Waals surface area contributed by atoms with Gasteiger partial charge in [-0.3, -0.25) is 4.68 Å². The predicted octanol–water partition coefficient (Wildman–Crippen LogP) is 2.77. The van der Waals surface area contributed by atoms with E-state index in [4.69, 9.17) is 14.5 Å². The van der Waals surface area contributed by atoms with E-state index in [1.54, 1.807) is 6.20 Å². The summed E-state index contributed by atoms with van der Waals surface area (Å²) in [5.41, 5.74) is 3.98. The molecule has 0 spiro atoms. The first-order chi connectivity index (χ1) is 13.0. The Morgan fingerprint density at radius 2 is 1.96 bits per heavy atom. The Kier molecular flexibility index (Phi) is 4.43. The van der Waals surface area contributed by atoms with Crippen molar-refractivity contribution in [1.29, 1.82) is 0 Å². The molecule has 1 atom stereocenters. The molecule has 0 fully saturated rings. The van der Waals surface area contributed by atoms with Crippen LogP contribution < -0.4 is 14.4 Å². The zero-order valence-electron chi connectivity index (χ0n) is 16.0. The second-order valence-corrected chi connectivity index (χ2v) is 6.79. The van der Waals surface area contributed by atoms with Crippen molar-refractivity contribution in [3.8, 4) is 22.8 Å². The lowest BCUT2D eigenvalue weighted by Gasteiger charge is -2.29. The zero-order valence-corrected chi connectivity index (χ0v) is 16.0. The van der Waals surface area contributed by atoms with Crippen molar-refractivity contribution >= 4 is 5.95 Å². The first-order valence-electron chi connectivity index (χ1n) is 8.96. The van der Waals surface area contributed by atoms with Gasteiger partial charge < -0.3 is 14.4 Å². The fourth-order valence-corrected chi connectivity index (χ4v) is 3.36. The highest BCUT2D eigenvalue weighted by molar-refractivity contribution is 5.65. The van der Waals surface area contributed by atoms with Gasteiger partial charge in [-0.15, -0.1) is 0 Å². The quantitative estimate of drug-likeness (QED) is 0.708. The van der Waals surface area contributed by atoms with Gasteiger partial charge in [-0.2, -0.15) is 5.10 Å². The van der Waals surface area contributed by atoms with Crippen molar-refractivity contribution in [3.05, 3.63) is 47.9 Å². The summed E-state index contributed by atoms with van der Waals surface area (Å²) >= 11 is 0. The summed E-state index contributed by atoms with van der Waals surface area (Å²) in [6.07, 6.45) is 1.70. The molecule has 3 aromatic rings. The molecular formula is C20H23N5O2. The van der Waals surface area contributed by atoms with E-state index in [0.717, 1.165) is 34.1 Å². The number of aryl methyl sites for hydroxylation is 2. The van der Waals surface area contributed by atoms with Crippen LogP contribution in [0.4, 0.5) is 5.95 Å². The molecule has 3 heterocycles. The highest BCUT2D eigenvalue weighted by atomic mass is 16.6. The monoisotopic (exact) mass is 365 g/mol. The Morgan fingerprint density at radius 1 is 1.19 bits per heavy atom. The van der Waals surface area contributed by atoms with Gasteiger partial charge in [0.25, 0.3) is 0 Å². The fourth-order valence-electron chi connectivity index (χ4n) is 3.36. The van der Waals surface area contributed by atoms with Crippen LogP contribution in [0, 0.1) is 13.8 Å². The van der Waals surface area contributed by atoms with Crippen molar-refractivity contribution in [2.45, 2.75) is 20.0 Å². The highest BCUT2D eigenvalue weighted by Crippen LogP contribution is 2.31. The fraction of sp³-hybridized carbons (Fsp3) is 0.350. The number of hydrogen-bond donors (Lipinski definition) is 0. The molecule has 0 amide bonds. The molecule has 0 saturated carbocycles. The number of benzene rings is 1. The third-order valence-electron chi connectivity index (χ3n) is 4.79. The summed E-state index contributed by atoms with van der Waals surface area (Å²) in [6.45, 7) is 5.18. The average Bonchev–Trinajstić information content (AvgIpc) is 2.93. The Balaban J connectivity index is 1.52. The summed E-state index contributed by atoms with van der Waals surface area (Å²) in [5, 5.41) is 4.48. The first-order valence-corrected chi connectivity index (χ1v) is 8.96. The van der Waals surface area contributed by atoms with Gasteiger partial charge >= 0.3 is 0 Å². The third kappa shape index (κ3) is 3.32. The minimum Gasteiger partial charge on any atom is -0.486 e. The normalized spacial score (nSPS) is 15.6. The SMILES string of the molecule is Cc1nn(C)c(C)c1-c1ccnc(N(C)C[C@H]2COc3ccccc3O2)n1. The van der Waals surface area contributed by atoms with Crippen LogP contribution in [0.15, 0.2) is 36.5 Å². The van der Waals surface area contributed by atoms with Crippen molar-refractivity contribution in [1.82, 2.24) is 19.7 Å². The van der Waals surface area contributed by atoms with Gasteiger partial charge in [-0.05, 0) is 32.0 Å². The van der Waals surface area contributed by atoms with Gasteiger partial charge in [0.1, 0.15) is 6.61 Å². The van der Waals surface area contributed by atoms with Crippen LogP contribution in [-0.2, 0) is 7.05 Å². The first kappa shape index (κ1) is 17.3. The van der Waals surface area contributed by atoms with Crippen molar-refractivity contribution < 1.29 is 9.47 Å². The van der Waals surface area contributed by atoms with E-state index in [2.05, 4.69) is 10.1 Å². The number of fused-ring (bicyclic) bond motifs is 1. The molecule has 0 bridgehead atoms. The summed E-state index contributed by atoms with van der Waals surface area (Å²) in [4.78, 5) is 11.2. The zero-order chi connectivity index (χ0) is 19.0. The molecular weight excluding hydrogens is 342 g/mol. The summed E-state index contributed by atoms with van der Waals surface area (Å²) in [6, 6.07) is 9.65. The number of rotatable bonds is 4. The highest BCUT2D eigenvalue weighted by Gasteiger charge is 2.23. The second-order valence-electron chi connectivity index (χ2n) is 6.79. The van der Waals surface area contributed by atoms with E-state index in [9.17, 15) is 0 Å². The van der Waals surface area contributed by atoms with Crippen molar-refractivity contribution in [2.24, 2.45) is 7.05 Å². The molecule has 140 valence electrons. The van der Waals surface area contributed by atoms with Gasteiger partial charge in [-0.25, -0.2) is 9.97 Å².